The van der Waals surface area contributed by atoms with Crippen molar-refractivity contribution in [1.82, 2.24) is 14.5 Å². The molecule has 0 N–H and O–H groups in total. The normalized spacial score (nSPS) is 13.8. The number of benzene rings is 1. The summed E-state index contributed by atoms with van der Waals surface area (Å²) in [6.45, 7) is 2.45. The van der Waals surface area contributed by atoms with Crippen LogP contribution in [0.2, 0.25) is 0 Å². The monoisotopic (exact) mass is 322 g/mol. The highest BCUT2D eigenvalue weighted by molar-refractivity contribution is 5.41. The number of nitrogens with zero attached hydrogens (tertiary/aromatic N) is 4. The first-order chi connectivity index (χ1) is 11.8. The third-order valence-corrected chi connectivity index (χ3v) is 4.50. The fraction of sp³-hybridized carbons (Fsp3) is 0.263. The van der Waals surface area contributed by atoms with Crippen LogP contribution in [-0.4, -0.2) is 21.1 Å². The van der Waals surface area contributed by atoms with Crippen molar-refractivity contribution >= 4 is 5.82 Å². The fourth-order valence-electron chi connectivity index (χ4n) is 3.23. The van der Waals surface area contributed by atoms with E-state index < -0.39 is 5.95 Å². The van der Waals surface area contributed by atoms with Crippen LogP contribution in [0.4, 0.5) is 10.2 Å². The Balaban J connectivity index is 1.47. The van der Waals surface area contributed by atoms with Crippen LogP contribution >= 0.6 is 0 Å². The minimum absolute atomic E-state index is 0.438. The molecular formula is C19H19FN4. The van der Waals surface area contributed by atoms with E-state index in [1.807, 2.05) is 18.5 Å². The lowest BCUT2D eigenvalue weighted by atomic mass is 10.1. The molecule has 0 radical (unpaired) electrons. The van der Waals surface area contributed by atoms with Gasteiger partial charge in [-0.2, -0.15) is 4.39 Å². The molecule has 0 atom stereocenters. The average molecular weight is 322 g/mol. The summed E-state index contributed by atoms with van der Waals surface area (Å²) in [5.74, 6) is 0.242. The van der Waals surface area contributed by atoms with Crippen LogP contribution < -0.4 is 4.90 Å². The number of anilines is 1. The Labute approximate surface area is 140 Å². The predicted molar refractivity (Wildman–Crippen MR) is 91.3 cm³/mol. The summed E-state index contributed by atoms with van der Waals surface area (Å²) < 4.78 is 15.6. The maximum atomic E-state index is 13.3. The molecule has 1 aromatic carbocycles. The van der Waals surface area contributed by atoms with Gasteiger partial charge in [-0.25, -0.2) is 9.97 Å². The highest BCUT2D eigenvalue weighted by Crippen LogP contribution is 2.22. The van der Waals surface area contributed by atoms with Crippen molar-refractivity contribution in [1.29, 1.82) is 0 Å². The summed E-state index contributed by atoms with van der Waals surface area (Å²) >= 11 is 0. The molecule has 0 amide bonds. The standard InChI is InChI=1S/C19H19FN4/c20-18-7-4-8-19(22-18)23-12-10-17-16(13-23)21-14-24(17)11-9-15-5-2-1-3-6-15/h1-8,14H,9-13H2. The minimum Gasteiger partial charge on any atom is -0.350 e. The van der Waals surface area contributed by atoms with Crippen molar-refractivity contribution < 1.29 is 4.39 Å². The Morgan fingerprint density at radius 3 is 2.75 bits per heavy atom. The van der Waals surface area contributed by atoms with Crippen molar-refractivity contribution in [3.63, 3.8) is 0 Å². The van der Waals surface area contributed by atoms with E-state index in [9.17, 15) is 4.39 Å². The molecule has 3 aromatic rings. The Kier molecular flexibility index (Phi) is 3.99. The second-order valence-corrected chi connectivity index (χ2v) is 6.06. The highest BCUT2D eigenvalue weighted by Gasteiger charge is 2.21. The summed E-state index contributed by atoms with van der Waals surface area (Å²) in [5.41, 5.74) is 3.69. The van der Waals surface area contributed by atoms with Crippen molar-refractivity contribution in [2.75, 3.05) is 11.4 Å². The van der Waals surface area contributed by atoms with Crippen LogP contribution in [0.25, 0.3) is 0 Å². The van der Waals surface area contributed by atoms with Crippen LogP contribution in [0.15, 0.2) is 54.9 Å². The number of pyridine rings is 1. The first-order valence-corrected chi connectivity index (χ1v) is 8.24. The van der Waals surface area contributed by atoms with Crippen LogP contribution in [-0.2, 0) is 25.9 Å². The lowest BCUT2D eigenvalue weighted by Crippen LogP contribution is -2.32. The maximum Gasteiger partial charge on any atom is 0.214 e. The van der Waals surface area contributed by atoms with E-state index in [4.69, 9.17) is 0 Å². The predicted octanol–water partition coefficient (Wildman–Crippen LogP) is 3.22. The number of imidazole rings is 1. The summed E-state index contributed by atoms with van der Waals surface area (Å²) in [6.07, 6.45) is 3.83. The number of aryl methyl sites for hydroxylation is 2. The van der Waals surface area contributed by atoms with Crippen LogP contribution in [0.1, 0.15) is 17.0 Å². The quantitative estimate of drug-likeness (QED) is 0.692. The van der Waals surface area contributed by atoms with Gasteiger partial charge in [0.15, 0.2) is 0 Å². The summed E-state index contributed by atoms with van der Waals surface area (Å²) in [6, 6.07) is 15.4. The van der Waals surface area contributed by atoms with Gasteiger partial charge in [0.05, 0.1) is 18.6 Å². The summed E-state index contributed by atoms with van der Waals surface area (Å²) in [4.78, 5) is 10.6. The molecule has 0 saturated heterocycles. The molecule has 2 aromatic heterocycles. The molecule has 4 rings (SSSR count). The van der Waals surface area contributed by atoms with Crippen molar-refractivity contribution in [3.8, 4) is 0 Å². The van der Waals surface area contributed by atoms with E-state index >= 15 is 0 Å². The molecule has 0 aliphatic carbocycles. The van der Waals surface area contributed by atoms with E-state index in [1.54, 1.807) is 6.07 Å². The fourth-order valence-corrected chi connectivity index (χ4v) is 3.23. The van der Waals surface area contributed by atoms with Gasteiger partial charge < -0.3 is 9.47 Å². The molecule has 122 valence electrons. The van der Waals surface area contributed by atoms with Crippen LogP contribution in [0, 0.1) is 5.95 Å². The number of fused-ring (bicyclic) bond motifs is 1. The Morgan fingerprint density at radius 1 is 1.04 bits per heavy atom. The van der Waals surface area contributed by atoms with E-state index in [1.165, 1.54) is 17.3 Å². The molecular weight excluding hydrogens is 303 g/mol. The zero-order valence-electron chi connectivity index (χ0n) is 13.4. The largest absolute Gasteiger partial charge is 0.350 e. The van der Waals surface area contributed by atoms with E-state index in [2.05, 4.69) is 43.7 Å². The number of hydrogen-bond acceptors (Lipinski definition) is 3. The molecule has 0 saturated carbocycles. The third kappa shape index (κ3) is 3.02. The maximum absolute atomic E-state index is 13.3. The van der Waals surface area contributed by atoms with Gasteiger partial charge >= 0.3 is 0 Å². The lowest BCUT2D eigenvalue weighted by molar-refractivity contribution is 0.575. The number of aromatic nitrogens is 3. The Morgan fingerprint density at radius 2 is 1.92 bits per heavy atom. The topological polar surface area (TPSA) is 34.0 Å². The molecule has 0 unspecified atom stereocenters. The lowest BCUT2D eigenvalue weighted by Gasteiger charge is -2.28. The highest BCUT2D eigenvalue weighted by atomic mass is 19.1. The molecule has 4 nitrogen and oxygen atoms in total. The number of hydrogen-bond donors (Lipinski definition) is 0. The first kappa shape index (κ1) is 14.9. The average Bonchev–Trinajstić information content (AvgIpc) is 3.03. The zero-order valence-corrected chi connectivity index (χ0v) is 13.4. The molecule has 3 heterocycles. The number of halogens is 1. The van der Waals surface area contributed by atoms with Gasteiger partial charge in [-0.3, -0.25) is 0 Å². The molecule has 24 heavy (non-hydrogen) atoms. The van der Waals surface area contributed by atoms with Gasteiger partial charge in [0.1, 0.15) is 5.82 Å². The first-order valence-electron chi connectivity index (χ1n) is 8.24. The van der Waals surface area contributed by atoms with Crippen LogP contribution in [0.3, 0.4) is 0 Å². The minimum atomic E-state index is -0.438. The summed E-state index contributed by atoms with van der Waals surface area (Å²) in [5, 5.41) is 0. The molecule has 0 spiro atoms. The van der Waals surface area contributed by atoms with Gasteiger partial charge in [-0.1, -0.05) is 36.4 Å². The van der Waals surface area contributed by atoms with Gasteiger partial charge in [0.2, 0.25) is 5.95 Å². The molecule has 0 fully saturated rings. The van der Waals surface area contributed by atoms with Gasteiger partial charge in [-0.15, -0.1) is 0 Å². The second-order valence-electron chi connectivity index (χ2n) is 6.06. The molecule has 1 aliphatic heterocycles. The second kappa shape index (κ2) is 6.43. The molecule has 1 aliphatic rings. The van der Waals surface area contributed by atoms with Crippen molar-refractivity contribution in [2.45, 2.75) is 25.9 Å². The smallest absolute Gasteiger partial charge is 0.214 e. The Hall–Kier alpha value is -2.69. The van der Waals surface area contributed by atoms with Crippen molar-refractivity contribution in [2.24, 2.45) is 0 Å². The van der Waals surface area contributed by atoms with E-state index in [-0.39, 0.29) is 0 Å². The van der Waals surface area contributed by atoms with Gasteiger partial charge in [-0.05, 0) is 24.1 Å². The molecule has 5 heteroatoms. The summed E-state index contributed by atoms with van der Waals surface area (Å²) in [7, 11) is 0. The van der Waals surface area contributed by atoms with E-state index in [0.717, 1.165) is 31.6 Å². The Bertz CT molecular complexity index is 828. The number of rotatable bonds is 4. The molecule has 0 bridgehead atoms. The van der Waals surface area contributed by atoms with E-state index in [0.29, 0.717) is 12.4 Å². The van der Waals surface area contributed by atoms with Crippen LogP contribution in [0.5, 0.6) is 0 Å². The zero-order chi connectivity index (χ0) is 16.4. The SMILES string of the molecule is Fc1cccc(N2CCc3c(ncn3CCc3ccccc3)C2)n1. The van der Waals surface area contributed by atoms with Crippen molar-refractivity contribution in [3.05, 3.63) is 77.8 Å². The third-order valence-electron chi connectivity index (χ3n) is 4.50. The van der Waals surface area contributed by atoms with Gasteiger partial charge in [0, 0.05) is 25.2 Å². The van der Waals surface area contributed by atoms with Gasteiger partial charge in [0.25, 0.3) is 0 Å².